The molecule has 3 fully saturated rings. The predicted octanol–water partition coefficient (Wildman–Crippen LogP) is 0.622. The van der Waals surface area contributed by atoms with Crippen LogP contribution in [0.2, 0.25) is 0 Å². The summed E-state index contributed by atoms with van der Waals surface area (Å²) in [4.78, 5) is 2.57. The van der Waals surface area contributed by atoms with Crippen molar-refractivity contribution in [3.63, 3.8) is 0 Å². The minimum Gasteiger partial charge on any atom is -0.393 e. The number of aliphatic hydroxyl groups is 1. The summed E-state index contributed by atoms with van der Waals surface area (Å²) in [5.41, 5.74) is 0.528. The van der Waals surface area contributed by atoms with Gasteiger partial charge in [-0.3, -0.25) is 4.90 Å². The molecule has 0 bridgehead atoms. The van der Waals surface area contributed by atoms with Gasteiger partial charge in [0.25, 0.3) is 0 Å². The number of hydrogen-bond donors (Lipinski definition) is 1. The van der Waals surface area contributed by atoms with Crippen LogP contribution in [-0.2, 0) is 4.74 Å². The van der Waals surface area contributed by atoms with E-state index in [4.69, 9.17) is 4.74 Å². The molecule has 3 heteroatoms. The highest BCUT2D eigenvalue weighted by Crippen LogP contribution is 2.49. The van der Waals surface area contributed by atoms with Gasteiger partial charge in [-0.1, -0.05) is 0 Å². The second-order valence-electron chi connectivity index (χ2n) is 5.29. The van der Waals surface area contributed by atoms with Crippen LogP contribution in [0.1, 0.15) is 25.7 Å². The Labute approximate surface area is 85.0 Å². The number of piperidine rings is 1. The molecular formula is C11H19NO2. The van der Waals surface area contributed by atoms with Crippen molar-refractivity contribution in [3.8, 4) is 0 Å². The maximum atomic E-state index is 9.36. The summed E-state index contributed by atoms with van der Waals surface area (Å²) in [5, 5.41) is 9.36. The lowest BCUT2D eigenvalue weighted by molar-refractivity contribution is -0.112. The van der Waals surface area contributed by atoms with Crippen molar-refractivity contribution < 1.29 is 9.84 Å². The number of rotatable bonds is 1. The average molecular weight is 197 g/mol. The normalized spacial score (nSPS) is 34.1. The maximum Gasteiger partial charge on any atom is 0.0645 e. The standard InChI is InChI=1S/C11H19NO2/c13-10-5-11(6-10)1-3-12(4-2-11)9-7-14-8-9/h9-10,13H,1-8H2. The van der Waals surface area contributed by atoms with E-state index in [1.54, 1.807) is 0 Å². The Hall–Kier alpha value is -0.120. The fraction of sp³-hybridized carbons (Fsp3) is 1.00. The molecule has 0 atom stereocenters. The lowest BCUT2D eigenvalue weighted by atomic mass is 9.61. The van der Waals surface area contributed by atoms with E-state index >= 15 is 0 Å². The van der Waals surface area contributed by atoms with Crippen molar-refractivity contribution in [2.75, 3.05) is 26.3 Å². The van der Waals surface area contributed by atoms with E-state index in [1.165, 1.54) is 25.9 Å². The molecule has 1 N–H and O–H groups in total. The first-order valence-electron chi connectivity index (χ1n) is 5.77. The Balaban J connectivity index is 1.52. The minimum atomic E-state index is 0.00795. The van der Waals surface area contributed by atoms with E-state index in [0.29, 0.717) is 11.5 Å². The van der Waals surface area contributed by atoms with Gasteiger partial charge in [-0.15, -0.1) is 0 Å². The zero-order valence-corrected chi connectivity index (χ0v) is 8.61. The minimum absolute atomic E-state index is 0.00795. The van der Waals surface area contributed by atoms with Crippen molar-refractivity contribution in [1.29, 1.82) is 0 Å². The van der Waals surface area contributed by atoms with Crippen LogP contribution in [0.4, 0.5) is 0 Å². The highest BCUT2D eigenvalue weighted by Gasteiger charge is 2.46. The van der Waals surface area contributed by atoms with Crippen molar-refractivity contribution in [3.05, 3.63) is 0 Å². The molecule has 0 aromatic carbocycles. The van der Waals surface area contributed by atoms with Crippen LogP contribution in [-0.4, -0.2) is 48.5 Å². The number of ether oxygens (including phenoxy) is 1. The molecular weight excluding hydrogens is 178 g/mol. The highest BCUT2D eigenvalue weighted by atomic mass is 16.5. The molecule has 3 nitrogen and oxygen atoms in total. The first kappa shape index (κ1) is 9.13. The molecule has 1 spiro atoms. The van der Waals surface area contributed by atoms with Crippen molar-refractivity contribution in [1.82, 2.24) is 4.90 Å². The molecule has 0 aromatic heterocycles. The second kappa shape index (κ2) is 3.19. The van der Waals surface area contributed by atoms with Gasteiger partial charge in [-0.2, -0.15) is 0 Å². The Morgan fingerprint density at radius 2 is 1.79 bits per heavy atom. The summed E-state index contributed by atoms with van der Waals surface area (Å²) in [7, 11) is 0. The lowest BCUT2D eigenvalue weighted by Crippen LogP contribution is -2.56. The van der Waals surface area contributed by atoms with Gasteiger partial charge < -0.3 is 9.84 Å². The third kappa shape index (κ3) is 1.38. The lowest BCUT2D eigenvalue weighted by Gasteiger charge is -2.52. The van der Waals surface area contributed by atoms with Crippen LogP contribution in [0, 0.1) is 5.41 Å². The fourth-order valence-corrected chi connectivity index (χ4v) is 3.15. The van der Waals surface area contributed by atoms with Gasteiger partial charge in [0, 0.05) is 0 Å². The molecule has 3 rings (SSSR count). The Kier molecular flexibility index (Phi) is 2.08. The summed E-state index contributed by atoms with van der Waals surface area (Å²) >= 11 is 0. The summed E-state index contributed by atoms with van der Waals surface area (Å²) < 4.78 is 5.22. The Morgan fingerprint density at radius 1 is 1.14 bits per heavy atom. The third-order valence-electron chi connectivity index (χ3n) is 4.33. The second-order valence-corrected chi connectivity index (χ2v) is 5.29. The summed E-state index contributed by atoms with van der Waals surface area (Å²) in [6.07, 6.45) is 4.71. The SMILES string of the molecule is OC1CC2(CCN(C3COC3)CC2)C1. The van der Waals surface area contributed by atoms with Gasteiger partial charge >= 0.3 is 0 Å². The van der Waals surface area contributed by atoms with Crippen molar-refractivity contribution in [2.45, 2.75) is 37.8 Å². The monoisotopic (exact) mass is 197 g/mol. The van der Waals surface area contributed by atoms with E-state index < -0.39 is 0 Å². The number of hydrogen-bond acceptors (Lipinski definition) is 3. The molecule has 0 unspecified atom stereocenters. The Bertz CT molecular complexity index is 211. The molecule has 0 radical (unpaired) electrons. The molecule has 1 aliphatic carbocycles. The van der Waals surface area contributed by atoms with Crippen LogP contribution in [0.5, 0.6) is 0 Å². The van der Waals surface area contributed by atoms with E-state index in [0.717, 1.165) is 26.1 Å². The van der Waals surface area contributed by atoms with Crippen molar-refractivity contribution in [2.24, 2.45) is 5.41 Å². The zero-order chi connectivity index (χ0) is 9.60. The molecule has 80 valence electrons. The predicted molar refractivity (Wildman–Crippen MR) is 53.1 cm³/mol. The third-order valence-corrected chi connectivity index (χ3v) is 4.33. The molecule has 0 amide bonds. The van der Waals surface area contributed by atoms with Gasteiger partial charge in [-0.05, 0) is 44.2 Å². The Morgan fingerprint density at radius 3 is 2.21 bits per heavy atom. The van der Waals surface area contributed by atoms with E-state index in [-0.39, 0.29) is 6.10 Å². The molecule has 0 aromatic rings. The first-order valence-corrected chi connectivity index (χ1v) is 5.77. The molecule has 1 saturated carbocycles. The first-order chi connectivity index (χ1) is 6.77. The fourth-order valence-electron chi connectivity index (χ4n) is 3.15. The number of likely N-dealkylation sites (tertiary alicyclic amines) is 1. The smallest absolute Gasteiger partial charge is 0.0645 e. The number of nitrogens with zero attached hydrogens (tertiary/aromatic N) is 1. The van der Waals surface area contributed by atoms with Crippen molar-refractivity contribution >= 4 is 0 Å². The summed E-state index contributed by atoms with van der Waals surface area (Å²) in [5.74, 6) is 0. The quantitative estimate of drug-likeness (QED) is 0.669. The molecule has 14 heavy (non-hydrogen) atoms. The van der Waals surface area contributed by atoms with Gasteiger partial charge in [0.1, 0.15) is 0 Å². The van der Waals surface area contributed by atoms with Gasteiger partial charge in [-0.25, -0.2) is 0 Å². The van der Waals surface area contributed by atoms with Gasteiger partial charge in [0.15, 0.2) is 0 Å². The van der Waals surface area contributed by atoms with E-state index in [1.807, 2.05) is 0 Å². The van der Waals surface area contributed by atoms with Crippen LogP contribution in [0.3, 0.4) is 0 Å². The average Bonchev–Trinajstić information content (AvgIpc) is 2.03. The largest absolute Gasteiger partial charge is 0.393 e. The van der Waals surface area contributed by atoms with Gasteiger partial charge in [0.2, 0.25) is 0 Å². The van der Waals surface area contributed by atoms with Crippen LogP contribution < -0.4 is 0 Å². The summed E-state index contributed by atoms with van der Waals surface area (Å²) in [6, 6.07) is 0.706. The highest BCUT2D eigenvalue weighted by molar-refractivity contribution is 4.98. The number of aliphatic hydroxyl groups excluding tert-OH is 1. The van der Waals surface area contributed by atoms with Gasteiger partial charge in [0.05, 0.1) is 25.4 Å². The zero-order valence-electron chi connectivity index (χ0n) is 8.61. The molecule has 2 heterocycles. The van der Waals surface area contributed by atoms with Crippen LogP contribution in [0.25, 0.3) is 0 Å². The molecule has 2 aliphatic heterocycles. The van der Waals surface area contributed by atoms with Crippen LogP contribution >= 0.6 is 0 Å². The maximum absolute atomic E-state index is 9.36. The molecule has 3 aliphatic rings. The topological polar surface area (TPSA) is 32.7 Å². The van der Waals surface area contributed by atoms with E-state index in [2.05, 4.69) is 4.90 Å². The van der Waals surface area contributed by atoms with E-state index in [9.17, 15) is 5.11 Å². The summed E-state index contributed by atoms with van der Waals surface area (Å²) in [6.45, 7) is 4.33. The molecule has 2 saturated heterocycles. The van der Waals surface area contributed by atoms with Crippen LogP contribution in [0.15, 0.2) is 0 Å².